The third-order valence-electron chi connectivity index (χ3n) is 19.9. The van der Waals surface area contributed by atoms with Crippen LogP contribution < -0.4 is 41.6 Å². The van der Waals surface area contributed by atoms with Crippen LogP contribution >= 0.6 is 46.4 Å². The number of aliphatic hydroxyl groups excluding tert-OH is 2. The zero-order valence-corrected chi connectivity index (χ0v) is 72.0. The number of aromatic nitrogens is 7. The maximum Gasteiger partial charge on any atom is 0.257 e. The van der Waals surface area contributed by atoms with Crippen LogP contribution in [0.5, 0.6) is 17.2 Å². The highest BCUT2D eigenvalue weighted by Crippen LogP contribution is 2.43. The van der Waals surface area contributed by atoms with Crippen LogP contribution in [0.15, 0.2) is 146 Å². The third-order valence-corrected chi connectivity index (χ3v) is 29.9. The van der Waals surface area contributed by atoms with Crippen molar-refractivity contribution in [1.29, 1.82) is 0 Å². The Labute approximate surface area is 703 Å². The Morgan fingerprint density at radius 1 is 0.431 bits per heavy atom. The first-order chi connectivity index (χ1) is 53.9. The number of halogens is 4. The molecule has 0 atom stereocenters. The molecule has 3 aromatic carbocycles. The quantitative estimate of drug-likeness (QED) is 0.0260. The van der Waals surface area contributed by atoms with Gasteiger partial charge in [0.15, 0.2) is 33.9 Å². The summed E-state index contributed by atoms with van der Waals surface area (Å²) < 4.78 is 28.7. The molecule has 7 aromatic heterocycles. The van der Waals surface area contributed by atoms with Gasteiger partial charge in [-0.1, -0.05) is 121 Å². The number of aliphatic hydroxyl groups is 2. The van der Waals surface area contributed by atoms with Crippen molar-refractivity contribution >= 4 is 127 Å². The van der Waals surface area contributed by atoms with Crippen molar-refractivity contribution in [3.63, 3.8) is 0 Å². The van der Waals surface area contributed by atoms with Crippen molar-refractivity contribution in [2.24, 2.45) is 0 Å². The smallest absolute Gasteiger partial charge is 0.257 e. The van der Waals surface area contributed by atoms with Gasteiger partial charge in [0.05, 0.1) is 150 Å². The second-order valence-corrected chi connectivity index (χ2v) is 41.6. The number of nitrogens with one attached hydrogen (secondary N) is 3. The molecule has 10 aromatic rings. The van der Waals surface area contributed by atoms with Gasteiger partial charge in [-0.3, -0.25) is 34.3 Å². The maximum atomic E-state index is 12.9. The molecule has 0 unspecified atom stereocenters. The number of pyridine rings is 7. The second-order valence-electron chi connectivity index (χ2n) is 30.4. The van der Waals surface area contributed by atoms with Gasteiger partial charge in [-0.2, -0.15) is 0 Å². The van der Waals surface area contributed by atoms with Crippen molar-refractivity contribution in [2.45, 2.75) is 152 Å². The lowest BCUT2D eigenvalue weighted by molar-refractivity contribution is 0.0809. The molecule has 3 aliphatic rings. The van der Waals surface area contributed by atoms with E-state index in [1.54, 1.807) is 117 Å². The lowest BCUT2D eigenvalue weighted by Gasteiger charge is -2.36. The number of benzene rings is 3. The van der Waals surface area contributed by atoms with E-state index >= 15 is 0 Å². The van der Waals surface area contributed by atoms with Crippen LogP contribution in [-0.4, -0.2) is 137 Å². The number of hydrogen-bond donors (Lipinski definition) is 7. The molecule has 0 saturated heterocycles. The monoisotopic (exact) mass is 1690 g/mol. The number of rotatable bonds is 21. The Morgan fingerprint density at radius 3 is 1.08 bits per heavy atom. The largest absolute Gasteiger partial charge is 0.493 e. The number of fused-ring (bicyclic) bond motifs is 3. The molecule has 9 N–H and O–H groups in total. The van der Waals surface area contributed by atoms with Gasteiger partial charge < -0.3 is 75.4 Å². The first-order valence-corrected chi connectivity index (χ1v) is 43.9. The maximum absolute atomic E-state index is 12.9. The summed E-state index contributed by atoms with van der Waals surface area (Å²) in [6, 6.07) is 36.5. The number of anilines is 8. The Bertz CT molecular complexity index is 5110. The molecule has 0 saturated carbocycles. The number of hydrogen-bond acceptors (Lipinski definition) is 22. The molecule has 13 rings (SSSR count). The molecule has 0 spiro atoms. The summed E-state index contributed by atoms with van der Waals surface area (Å²) in [5, 5.41) is 30.0. The van der Waals surface area contributed by atoms with E-state index in [1.807, 2.05) is 72.9 Å². The molecule has 3 amide bonds. The summed E-state index contributed by atoms with van der Waals surface area (Å²) in [6.45, 7) is 24.9. The van der Waals surface area contributed by atoms with Crippen LogP contribution in [0, 0.1) is 0 Å². The first kappa shape index (κ1) is 93.1. The zero-order valence-electron chi connectivity index (χ0n) is 67.0. The SMILES string of the molecule is C.C.CC(C)(C)[Si](C)(C)OCc1ccnc(N)c1.COc1c(Cl)cccc1Nc1cc(Cc2cc(CO)ccn2)nc2c1C(=O)N(C)C2.COc1c(Cl)cccc1Nc1cc(Cc2cc(CO[Si](C)(C)C(C)(C)C)ccn2)nc2c1C(=O)N(C)C2.COc1c(Cl)cccc1Nc1cc(Cl)nc2c1C(=O)N(C)C2.Nc1cc(CO)ccn1. The lowest BCUT2D eigenvalue weighted by Crippen LogP contribution is -2.40. The van der Waals surface area contributed by atoms with E-state index in [2.05, 4.69) is 115 Å². The van der Waals surface area contributed by atoms with Gasteiger partial charge in [-0.15, -0.1) is 0 Å². The van der Waals surface area contributed by atoms with E-state index in [0.29, 0.717) is 157 Å². The molecule has 10 heterocycles. The van der Waals surface area contributed by atoms with Crippen molar-refractivity contribution in [3.8, 4) is 17.2 Å². The summed E-state index contributed by atoms with van der Waals surface area (Å²) in [5.74, 6) is 2.27. The zero-order chi connectivity index (χ0) is 83.1. The predicted molar refractivity (Wildman–Crippen MR) is 470 cm³/mol. The highest BCUT2D eigenvalue weighted by Gasteiger charge is 2.39. The number of para-hydroxylation sites is 3. The lowest BCUT2D eigenvalue weighted by atomic mass is 10.1. The molecule has 25 nitrogen and oxygen atoms in total. The summed E-state index contributed by atoms with van der Waals surface area (Å²) in [7, 11) is 6.38. The minimum Gasteiger partial charge on any atom is -0.493 e. The van der Waals surface area contributed by atoms with E-state index in [4.69, 9.17) is 96.0 Å². The van der Waals surface area contributed by atoms with Crippen LogP contribution in [0.3, 0.4) is 0 Å². The number of nitrogen functional groups attached to an aromatic ring is 2. The Kier molecular flexibility index (Phi) is 32.7. The summed E-state index contributed by atoms with van der Waals surface area (Å²) in [6.07, 6.45) is 7.78. The van der Waals surface area contributed by atoms with Crippen LogP contribution in [0.25, 0.3) is 0 Å². The molecular weight excluding hydrogens is 1590 g/mol. The first-order valence-electron chi connectivity index (χ1n) is 36.5. The van der Waals surface area contributed by atoms with Crippen LogP contribution in [-0.2, 0) is 67.8 Å². The second kappa shape index (κ2) is 40.7. The Hall–Kier alpha value is -10.0. The fourth-order valence-corrected chi connectivity index (χ4v) is 14.6. The van der Waals surface area contributed by atoms with Crippen molar-refractivity contribution < 1.29 is 47.7 Å². The summed E-state index contributed by atoms with van der Waals surface area (Å²) in [5.41, 5.74) is 25.6. The fourth-order valence-electron chi connectivity index (χ4n) is 11.7. The van der Waals surface area contributed by atoms with E-state index in [0.717, 1.165) is 50.7 Å². The normalized spacial score (nSPS) is 12.7. The van der Waals surface area contributed by atoms with Gasteiger partial charge in [0, 0.05) is 81.5 Å². The van der Waals surface area contributed by atoms with Gasteiger partial charge in [-0.25, -0.2) is 15.0 Å². The molecule has 31 heteroatoms. The average molecular weight is 1700 g/mol. The number of carbonyl (C=O) groups is 3. The Balaban J connectivity index is 0.000000212. The van der Waals surface area contributed by atoms with Crippen LogP contribution in [0.4, 0.5) is 45.8 Å². The molecule has 0 radical (unpaired) electrons. The highest BCUT2D eigenvalue weighted by atomic mass is 35.5. The van der Waals surface area contributed by atoms with Gasteiger partial charge in [0.25, 0.3) is 17.7 Å². The van der Waals surface area contributed by atoms with Crippen LogP contribution in [0.2, 0.25) is 56.5 Å². The van der Waals surface area contributed by atoms with Crippen molar-refractivity contribution in [2.75, 3.05) is 69.9 Å². The molecule has 3 aliphatic heterocycles. The van der Waals surface area contributed by atoms with E-state index < -0.39 is 16.6 Å². The molecular formula is C85H107Cl4N15O10Si2. The number of methoxy groups -OCH3 is 3. The summed E-state index contributed by atoms with van der Waals surface area (Å²) in [4.78, 5) is 73.3. The standard InChI is InChI=1S/C28H35ClN4O3Si.C22H21ClN4O3.C15H13Cl2N3O2.C12H22N2OSi.C6H8N2O.2CH4/c1-28(2,3)37(6,7)36-17-18-11-12-30-19(13-18)14-20-15-23(25-24(31-20)16-33(4)27(25)34)32-22-10-8-9-21(29)26(22)35-5;1-27-11-19-20(22(27)29)18(26-17-5-3-4-16(23)21(17)30-2)10-15(25-19)9-14-8-13(12-28)6-7-24-14;1-20-7-11-13(15(20)21)10(6-12(17)19-11)18-9-5-3-4-8(16)14(9)22-2;1-12(2,3)16(4,5)15-9-10-6-7-14-11(13)8-10;7-6-3-5(4-9)1-2-8-6;;/h8-13,15H,14,16-17H2,1-7H3,(H,31,32);3-8,10,28H,9,11-12H2,1-2H3,(H,25,26);3-6H,7H2,1-2H3,(H,18,19);6-8H,9H2,1-5H3,(H2,13,14);1-3,9H,4H2,(H2,7,8);2*1H4. The number of nitrogens with two attached hydrogens (primary N) is 2. The highest BCUT2D eigenvalue weighted by molar-refractivity contribution is 6.74. The van der Waals surface area contributed by atoms with E-state index in [-0.39, 0.29) is 55.9 Å². The van der Waals surface area contributed by atoms with E-state index in [9.17, 15) is 19.5 Å². The number of amides is 3. The number of ether oxygens (including phenoxy) is 3. The number of nitrogens with zero attached hydrogens (tertiary/aromatic N) is 10. The Morgan fingerprint density at radius 2 is 0.741 bits per heavy atom. The predicted octanol–water partition coefficient (Wildman–Crippen LogP) is 18.5. The molecule has 618 valence electrons. The molecule has 0 bridgehead atoms. The molecule has 0 aliphatic carbocycles. The minimum atomic E-state index is -1.86. The topological polar surface area (TPSA) is 326 Å². The van der Waals surface area contributed by atoms with Crippen molar-refractivity contribution in [1.82, 2.24) is 49.6 Å². The van der Waals surface area contributed by atoms with Gasteiger partial charge in [0.1, 0.15) is 16.8 Å². The molecule has 0 fully saturated rings. The summed E-state index contributed by atoms with van der Waals surface area (Å²) >= 11 is 24.8. The fraction of sp³-hybridized carbons (Fsp3) is 0.341. The van der Waals surface area contributed by atoms with Gasteiger partial charge in [-0.05, 0) is 162 Å². The van der Waals surface area contributed by atoms with Crippen LogP contribution in [0.1, 0.15) is 150 Å². The average Bonchev–Trinajstić information content (AvgIpc) is 1.65. The molecule has 116 heavy (non-hydrogen) atoms. The van der Waals surface area contributed by atoms with Crippen molar-refractivity contribution in [3.05, 3.63) is 245 Å². The van der Waals surface area contributed by atoms with Gasteiger partial charge in [0.2, 0.25) is 0 Å². The van der Waals surface area contributed by atoms with E-state index in [1.165, 1.54) is 7.11 Å². The number of carbonyl (C=O) groups excluding carboxylic acids is 3. The van der Waals surface area contributed by atoms with Gasteiger partial charge >= 0.3 is 0 Å². The third kappa shape index (κ3) is 23.6. The minimum absolute atomic E-state index is 0.